The Hall–Kier alpha value is -2.44. The highest BCUT2D eigenvalue weighted by Gasteiger charge is 2.46. The maximum absolute atomic E-state index is 14.1. The maximum Gasteiger partial charge on any atom is 0.408 e. The van der Waals surface area contributed by atoms with E-state index in [4.69, 9.17) is 15.8 Å². The Morgan fingerprint density at radius 2 is 1.94 bits per heavy atom. The number of thioether (sulfide) groups is 1. The van der Waals surface area contributed by atoms with E-state index in [-0.39, 0.29) is 37.2 Å². The summed E-state index contributed by atoms with van der Waals surface area (Å²) in [5, 5.41) is 18.3. The molecule has 0 unspecified atom stereocenters. The number of aliphatic hydroxyl groups is 1. The highest BCUT2D eigenvalue weighted by atomic mass is 35.5. The molecule has 1 aliphatic heterocycles. The van der Waals surface area contributed by atoms with Gasteiger partial charge in [-0.1, -0.05) is 18.2 Å². The Kier molecular flexibility index (Phi) is 7.53. The van der Waals surface area contributed by atoms with Gasteiger partial charge in [-0.25, -0.2) is 4.98 Å². The van der Waals surface area contributed by atoms with Crippen LogP contribution in [0.3, 0.4) is 0 Å². The fourth-order valence-electron chi connectivity index (χ4n) is 4.38. The number of hydrogen-bond acceptors (Lipinski definition) is 7. The molecule has 0 bridgehead atoms. The van der Waals surface area contributed by atoms with Crippen molar-refractivity contribution in [3.05, 3.63) is 54.2 Å². The molecule has 7 nitrogen and oxygen atoms in total. The molecule has 1 saturated heterocycles. The zero-order chi connectivity index (χ0) is 23.9. The van der Waals surface area contributed by atoms with Crippen molar-refractivity contribution in [1.29, 1.82) is 0 Å². The summed E-state index contributed by atoms with van der Waals surface area (Å²) in [7, 11) is 0. The first-order valence-electron chi connectivity index (χ1n) is 10.9. The third-order valence-electron chi connectivity index (χ3n) is 5.92. The van der Waals surface area contributed by atoms with Gasteiger partial charge in [-0.05, 0) is 36.2 Å². The fourth-order valence-corrected chi connectivity index (χ4v) is 5.06. The highest BCUT2D eigenvalue weighted by Crippen LogP contribution is 2.39. The third kappa shape index (κ3) is 5.24. The quantitative estimate of drug-likeness (QED) is 0.367. The largest absolute Gasteiger partial charge is 0.408 e. The van der Waals surface area contributed by atoms with Crippen LogP contribution < -0.4 is 5.73 Å². The molecule has 3 N–H and O–H groups in total. The summed E-state index contributed by atoms with van der Waals surface area (Å²) in [5.41, 5.74) is 7.67. The molecule has 0 radical (unpaired) electrons. The maximum atomic E-state index is 14.1. The smallest absolute Gasteiger partial charge is 0.396 e. The van der Waals surface area contributed by atoms with Gasteiger partial charge in [-0.2, -0.15) is 13.2 Å². The summed E-state index contributed by atoms with van der Waals surface area (Å²) in [6, 6.07) is 10.5. The number of pyridine rings is 2. The number of likely N-dealkylation sites (tertiary alicyclic amines) is 1. The number of nitrogens with two attached hydrogens (primary N) is 1. The Morgan fingerprint density at radius 3 is 2.66 bits per heavy atom. The van der Waals surface area contributed by atoms with Crippen LogP contribution in [0.1, 0.15) is 18.0 Å². The molecular weight excluding hydrogens is 501 g/mol. The monoisotopic (exact) mass is 524 g/mol. The molecule has 1 aliphatic rings. The van der Waals surface area contributed by atoms with E-state index >= 15 is 0 Å². The third-order valence-corrected chi connectivity index (χ3v) is 6.90. The minimum atomic E-state index is -4.45. The van der Waals surface area contributed by atoms with E-state index in [0.717, 1.165) is 15.8 Å². The predicted molar refractivity (Wildman–Crippen MR) is 132 cm³/mol. The second-order valence-corrected chi connectivity index (χ2v) is 9.49. The van der Waals surface area contributed by atoms with Crippen LogP contribution in [-0.4, -0.2) is 67.3 Å². The Balaban J connectivity index is 0.00000289. The van der Waals surface area contributed by atoms with Gasteiger partial charge in [-0.3, -0.25) is 9.30 Å². The van der Waals surface area contributed by atoms with E-state index in [2.05, 4.69) is 10.2 Å². The van der Waals surface area contributed by atoms with Crippen LogP contribution in [0.2, 0.25) is 0 Å². The Bertz CT molecular complexity index is 1330. The molecule has 0 spiro atoms. The highest BCUT2D eigenvalue weighted by molar-refractivity contribution is 7.99. The summed E-state index contributed by atoms with van der Waals surface area (Å²) in [5.74, 6) is 0.941. The average molecular weight is 525 g/mol. The molecule has 0 saturated carbocycles. The normalized spacial score (nSPS) is 17.7. The molecule has 12 heteroatoms. The molecule has 4 aromatic rings. The number of aromatic nitrogens is 4. The lowest BCUT2D eigenvalue weighted by atomic mass is 10.1. The van der Waals surface area contributed by atoms with Gasteiger partial charge in [0.15, 0.2) is 11.5 Å². The van der Waals surface area contributed by atoms with E-state index in [1.54, 1.807) is 16.5 Å². The van der Waals surface area contributed by atoms with Gasteiger partial charge < -0.3 is 10.8 Å². The molecule has 35 heavy (non-hydrogen) atoms. The SMILES string of the molecule is Cl.N[C@H]1CCN([C@H](c2ccc3nnc(-c4ccc5ccc(SCCO)cc5n4)n3c2)C(F)(F)F)C1. The number of nitrogens with zero attached hydrogens (tertiary/aromatic N) is 5. The molecule has 0 aliphatic carbocycles. The van der Waals surface area contributed by atoms with Crippen LogP contribution in [0.5, 0.6) is 0 Å². The lowest BCUT2D eigenvalue weighted by Gasteiger charge is -2.30. The number of hydrogen-bond donors (Lipinski definition) is 2. The van der Waals surface area contributed by atoms with Crippen LogP contribution in [0, 0.1) is 0 Å². The van der Waals surface area contributed by atoms with Crippen molar-refractivity contribution in [2.24, 2.45) is 5.73 Å². The molecule has 0 amide bonds. The zero-order valence-electron chi connectivity index (χ0n) is 18.5. The summed E-state index contributed by atoms with van der Waals surface area (Å²) >= 11 is 1.52. The summed E-state index contributed by atoms with van der Waals surface area (Å²) in [6.45, 7) is 0.563. The number of halogens is 4. The molecule has 5 rings (SSSR count). The van der Waals surface area contributed by atoms with Gasteiger partial charge in [0, 0.05) is 41.4 Å². The number of benzene rings is 1. The predicted octanol–water partition coefficient (Wildman–Crippen LogP) is 4.09. The first-order valence-corrected chi connectivity index (χ1v) is 11.9. The first-order chi connectivity index (χ1) is 16.3. The van der Waals surface area contributed by atoms with Gasteiger partial charge in [-0.15, -0.1) is 34.4 Å². The van der Waals surface area contributed by atoms with Crippen LogP contribution in [-0.2, 0) is 0 Å². The van der Waals surface area contributed by atoms with Gasteiger partial charge in [0.1, 0.15) is 11.7 Å². The van der Waals surface area contributed by atoms with Crippen molar-refractivity contribution < 1.29 is 18.3 Å². The Morgan fingerprint density at radius 1 is 1.14 bits per heavy atom. The van der Waals surface area contributed by atoms with E-state index in [9.17, 15) is 13.2 Å². The lowest BCUT2D eigenvalue weighted by Crippen LogP contribution is -2.38. The van der Waals surface area contributed by atoms with Crippen molar-refractivity contribution in [3.63, 3.8) is 0 Å². The van der Waals surface area contributed by atoms with E-state index in [0.29, 0.717) is 35.9 Å². The lowest BCUT2D eigenvalue weighted by molar-refractivity contribution is -0.183. The van der Waals surface area contributed by atoms with Crippen LogP contribution in [0.4, 0.5) is 13.2 Å². The van der Waals surface area contributed by atoms with Crippen molar-refractivity contribution in [3.8, 4) is 11.5 Å². The number of fused-ring (bicyclic) bond motifs is 2. The molecule has 1 fully saturated rings. The molecular formula is C23H24ClF3N6OS. The zero-order valence-corrected chi connectivity index (χ0v) is 20.2. The Labute approximate surface area is 209 Å². The first kappa shape index (κ1) is 25.6. The van der Waals surface area contributed by atoms with Crippen molar-refractivity contribution in [2.75, 3.05) is 25.4 Å². The molecule has 1 aromatic carbocycles. The van der Waals surface area contributed by atoms with Crippen LogP contribution >= 0.6 is 24.2 Å². The second kappa shape index (κ2) is 10.3. The summed E-state index contributed by atoms with van der Waals surface area (Å²) in [6.07, 6.45) is -2.46. The summed E-state index contributed by atoms with van der Waals surface area (Å²) in [4.78, 5) is 7.05. The van der Waals surface area contributed by atoms with E-state index in [1.165, 1.54) is 28.9 Å². The minimum Gasteiger partial charge on any atom is -0.396 e. The average Bonchev–Trinajstić information content (AvgIpc) is 3.42. The summed E-state index contributed by atoms with van der Waals surface area (Å²) < 4.78 is 43.8. The topological polar surface area (TPSA) is 92.6 Å². The van der Waals surface area contributed by atoms with Crippen LogP contribution in [0.25, 0.3) is 28.1 Å². The van der Waals surface area contributed by atoms with Gasteiger partial charge >= 0.3 is 6.18 Å². The molecule has 186 valence electrons. The van der Waals surface area contributed by atoms with Crippen molar-refractivity contribution in [2.45, 2.75) is 29.6 Å². The van der Waals surface area contributed by atoms with Crippen LogP contribution in [0.15, 0.2) is 53.6 Å². The minimum absolute atomic E-state index is 0. The van der Waals surface area contributed by atoms with Gasteiger partial charge in [0.25, 0.3) is 0 Å². The molecule has 4 heterocycles. The number of alkyl halides is 3. The van der Waals surface area contributed by atoms with E-state index < -0.39 is 12.2 Å². The van der Waals surface area contributed by atoms with Crippen molar-refractivity contribution >= 4 is 40.7 Å². The second-order valence-electron chi connectivity index (χ2n) is 8.33. The standard InChI is InChI=1S/C23H23F3N6OS.ClH/c24-23(25,26)21(31-8-7-16(27)13-31)15-3-6-20-29-30-22(32(20)12-15)18-5-2-14-1-4-17(34-10-9-33)11-19(14)28-18;/h1-6,11-12,16,21,33H,7-10,13,27H2;1H/t16-,21+;/m0./s1. The fraction of sp³-hybridized carbons (Fsp3) is 0.348. The van der Waals surface area contributed by atoms with Gasteiger partial charge in [0.05, 0.1) is 12.1 Å². The van der Waals surface area contributed by atoms with Gasteiger partial charge in [0.2, 0.25) is 0 Å². The number of rotatable bonds is 6. The molecule has 3 aromatic heterocycles. The van der Waals surface area contributed by atoms with E-state index in [1.807, 2.05) is 24.3 Å². The number of aliphatic hydroxyl groups excluding tert-OH is 1. The van der Waals surface area contributed by atoms with Crippen molar-refractivity contribution in [1.82, 2.24) is 24.5 Å². The molecule has 2 atom stereocenters.